The molecule has 0 heterocycles. The van der Waals surface area contributed by atoms with Crippen molar-refractivity contribution in [3.05, 3.63) is 59.2 Å². The molecule has 0 aliphatic carbocycles. The molecule has 0 aliphatic heterocycles. The molecule has 0 bridgehead atoms. The molecule has 142 valence electrons. The minimum Gasteiger partial charge on any atom is -0.493 e. The largest absolute Gasteiger partial charge is 0.493 e. The lowest BCUT2D eigenvalue weighted by Crippen LogP contribution is -2.18. The number of ether oxygens (including phenoxy) is 1. The van der Waals surface area contributed by atoms with E-state index in [9.17, 15) is 8.42 Å². The Kier molecular flexibility index (Phi) is 7.20. The number of nitrogens with two attached hydrogens (primary N) is 1. The summed E-state index contributed by atoms with van der Waals surface area (Å²) in [4.78, 5) is 2.13. The van der Waals surface area contributed by atoms with E-state index in [1.807, 2.05) is 55.4 Å². The minimum atomic E-state index is -3.86. The van der Waals surface area contributed by atoms with E-state index in [0.29, 0.717) is 30.9 Å². The summed E-state index contributed by atoms with van der Waals surface area (Å²) < 4.78 is 30.5. The van der Waals surface area contributed by atoms with Crippen molar-refractivity contribution in [2.45, 2.75) is 37.6 Å². The van der Waals surface area contributed by atoms with Crippen LogP contribution in [0.15, 0.2) is 47.4 Å². The van der Waals surface area contributed by atoms with E-state index in [2.05, 4.69) is 6.92 Å². The van der Waals surface area contributed by atoms with Crippen LogP contribution in [0.1, 0.15) is 36.5 Å². The summed E-state index contributed by atoms with van der Waals surface area (Å²) in [6, 6.07) is 13.3. The fraction of sp³-hybridized carbons (Fsp3) is 0.400. The highest BCUT2D eigenvalue weighted by Gasteiger charge is 2.21. The van der Waals surface area contributed by atoms with Crippen molar-refractivity contribution >= 4 is 10.0 Å². The molecular weight excluding hydrogens is 348 g/mol. The summed E-state index contributed by atoms with van der Waals surface area (Å²) in [5.74, 6) is 0.602. The van der Waals surface area contributed by atoms with Gasteiger partial charge in [0, 0.05) is 18.5 Å². The lowest BCUT2D eigenvalue weighted by Gasteiger charge is -2.18. The van der Waals surface area contributed by atoms with Gasteiger partial charge in [-0.05, 0) is 43.8 Å². The molecule has 2 aromatic rings. The first-order valence-corrected chi connectivity index (χ1v) is 10.4. The van der Waals surface area contributed by atoms with Gasteiger partial charge in [0.15, 0.2) is 0 Å². The number of nitrogens with zero attached hydrogens (tertiary/aromatic N) is 1. The van der Waals surface area contributed by atoms with Crippen LogP contribution in [0, 0.1) is 0 Å². The average Bonchev–Trinajstić information content (AvgIpc) is 2.56. The zero-order valence-corrected chi connectivity index (χ0v) is 16.6. The van der Waals surface area contributed by atoms with Crippen molar-refractivity contribution in [3.63, 3.8) is 0 Å². The van der Waals surface area contributed by atoms with Crippen LogP contribution in [0.2, 0.25) is 0 Å². The topological polar surface area (TPSA) is 72.6 Å². The maximum atomic E-state index is 12.3. The smallest absolute Gasteiger partial charge is 0.238 e. The number of benzene rings is 2. The fourth-order valence-corrected chi connectivity index (χ4v) is 3.65. The lowest BCUT2D eigenvalue weighted by molar-refractivity contribution is 0.304. The van der Waals surface area contributed by atoms with E-state index >= 15 is 0 Å². The highest BCUT2D eigenvalue weighted by molar-refractivity contribution is 7.89. The van der Waals surface area contributed by atoms with E-state index in [0.717, 1.165) is 24.0 Å². The first-order chi connectivity index (χ1) is 12.3. The molecule has 0 aromatic heterocycles. The Morgan fingerprint density at radius 2 is 1.77 bits per heavy atom. The molecule has 0 unspecified atom stereocenters. The molecule has 0 spiro atoms. The van der Waals surface area contributed by atoms with Crippen LogP contribution in [-0.4, -0.2) is 34.0 Å². The van der Waals surface area contributed by atoms with Crippen molar-refractivity contribution < 1.29 is 13.2 Å². The average molecular weight is 377 g/mol. The zero-order valence-electron chi connectivity index (χ0n) is 15.7. The molecule has 0 saturated heterocycles. The van der Waals surface area contributed by atoms with Crippen LogP contribution < -0.4 is 9.88 Å². The quantitative estimate of drug-likeness (QED) is 0.682. The molecule has 2 N–H and O–H groups in total. The number of primary sulfonamides is 1. The molecule has 0 fully saturated rings. The number of hydrogen-bond donors (Lipinski definition) is 1. The third kappa shape index (κ3) is 5.83. The van der Waals surface area contributed by atoms with E-state index in [1.165, 1.54) is 0 Å². The monoisotopic (exact) mass is 376 g/mol. The Morgan fingerprint density at radius 1 is 1.08 bits per heavy atom. The van der Waals surface area contributed by atoms with Crippen LogP contribution in [0.5, 0.6) is 5.75 Å². The van der Waals surface area contributed by atoms with Gasteiger partial charge in [0.2, 0.25) is 10.0 Å². The molecule has 0 atom stereocenters. The highest BCUT2D eigenvalue weighted by atomic mass is 32.2. The first kappa shape index (κ1) is 20.4. The van der Waals surface area contributed by atoms with Gasteiger partial charge < -0.3 is 9.64 Å². The molecule has 0 aliphatic rings. The SMILES string of the molecule is CCCCOc1cc(CN(C)C)cc(S(N)(=O)=O)c1Cc1ccccc1. The van der Waals surface area contributed by atoms with Gasteiger partial charge in [-0.15, -0.1) is 0 Å². The summed E-state index contributed by atoms with van der Waals surface area (Å²) in [5, 5.41) is 5.54. The van der Waals surface area contributed by atoms with Gasteiger partial charge in [-0.1, -0.05) is 43.7 Å². The van der Waals surface area contributed by atoms with Crippen LogP contribution in [0.25, 0.3) is 0 Å². The van der Waals surface area contributed by atoms with Crippen molar-refractivity contribution in [1.29, 1.82) is 0 Å². The third-order valence-corrected chi connectivity index (χ3v) is 4.99. The van der Waals surface area contributed by atoms with Crippen LogP contribution >= 0.6 is 0 Å². The number of rotatable bonds is 9. The molecule has 2 aromatic carbocycles. The Balaban J connectivity index is 2.54. The molecule has 6 heteroatoms. The molecule has 5 nitrogen and oxygen atoms in total. The summed E-state index contributed by atoms with van der Waals surface area (Å²) in [6.45, 7) is 3.25. The van der Waals surface area contributed by atoms with Gasteiger partial charge in [0.1, 0.15) is 5.75 Å². The van der Waals surface area contributed by atoms with Gasteiger partial charge in [-0.25, -0.2) is 13.6 Å². The minimum absolute atomic E-state index is 0.146. The van der Waals surface area contributed by atoms with E-state index in [-0.39, 0.29) is 4.90 Å². The van der Waals surface area contributed by atoms with Gasteiger partial charge >= 0.3 is 0 Å². The normalized spacial score (nSPS) is 11.7. The number of hydrogen-bond acceptors (Lipinski definition) is 4. The zero-order chi connectivity index (χ0) is 19.2. The molecular formula is C20H28N2O3S. The van der Waals surface area contributed by atoms with E-state index < -0.39 is 10.0 Å². The second kappa shape index (κ2) is 9.16. The van der Waals surface area contributed by atoms with Gasteiger partial charge in [0.25, 0.3) is 0 Å². The van der Waals surface area contributed by atoms with Crippen molar-refractivity contribution in [1.82, 2.24) is 4.90 Å². The van der Waals surface area contributed by atoms with E-state index in [4.69, 9.17) is 9.88 Å². The lowest BCUT2D eigenvalue weighted by atomic mass is 10.0. The summed E-state index contributed by atoms with van der Waals surface area (Å²) in [7, 11) is 0.00976. The van der Waals surface area contributed by atoms with E-state index in [1.54, 1.807) is 6.07 Å². The second-order valence-electron chi connectivity index (χ2n) is 6.72. The fourth-order valence-electron chi connectivity index (χ4n) is 2.81. The predicted molar refractivity (Wildman–Crippen MR) is 105 cm³/mol. The molecule has 0 radical (unpaired) electrons. The van der Waals surface area contributed by atoms with Crippen molar-refractivity contribution in [2.75, 3.05) is 20.7 Å². The Hall–Kier alpha value is -1.89. The van der Waals surface area contributed by atoms with Crippen molar-refractivity contribution in [3.8, 4) is 5.75 Å². The first-order valence-electron chi connectivity index (χ1n) is 8.81. The van der Waals surface area contributed by atoms with Crippen LogP contribution in [-0.2, 0) is 23.0 Å². The number of sulfonamides is 1. The highest BCUT2D eigenvalue weighted by Crippen LogP contribution is 2.31. The molecule has 26 heavy (non-hydrogen) atoms. The third-order valence-electron chi connectivity index (χ3n) is 4.01. The summed E-state index contributed by atoms with van der Waals surface area (Å²) >= 11 is 0. The van der Waals surface area contributed by atoms with Crippen LogP contribution in [0.3, 0.4) is 0 Å². The van der Waals surface area contributed by atoms with Crippen molar-refractivity contribution in [2.24, 2.45) is 5.14 Å². The summed E-state index contributed by atoms with van der Waals surface area (Å²) in [5.41, 5.74) is 2.50. The molecule has 2 rings (SSSR count). The Morgan fingerprint density at radius 3 is 2.35 bits per heavy atom. The maximum absolute atomic E-state index is 12.3. The van der Waals surface area contributed by atoms with Gasteiger partial charge in [0.05, 0.1) is 11.5 Å². The van der Waals surface area contributed by atoms with Gasteiger partial charge in [-0.2, -0.15) is 0 Å². The Labute approximate surface area is 156 Å². The molecule has 0 amide bonds. The second-order valence-corrected chi connectivity index (χ2v) is 8.25. The predicted octanol–water partition coefficient (Wildman–Crippen LogP) is 3.17. The molecule has 0 saturated carbocycles. The van der Waals surface area contributed by atoms with Gasteiger partial charge in [-0.3, -0.25) is 0 Å². The Bertz CT molecular complexity index is 818. The number of unbranched alkanes of at least 4 members (excludes halogenated alkanes) is 1. The van der Waals surface area contributed by atoms with Crippen LogP contribution in [0.4, 0.5) is 0 Å². The maximum Gasteiger partial charge on any atom is 0.238 e. The standard InChI is InChI=1S/C20H28N2O3S/c1-4-5-11-25-19-13-17(15-22(2)3)14-20(26(21,23)24)18(19)12-16-9-7-6-8-10-16/h6-10,13-14H,4-5,11-12,15H2,1-3H3,(H2,21,23,24). The summed E-state index contributed by atoms with van der Waals surface area (Å²) in [6.07, 6.45) is 2.37.